The first kappa shape index (κ1) is 23.3. The van der Waals surface area contributed by atoms with Gasteiger partial charge in [-0.2, -0.15) is 5.10 Å². The van der Waals surface area contributed by atoms with Gasteiger partial charge < -0.3 is 15.5 Å². The van der Waals surface area contributed by atoms with Crippen LogP contribution in [0.15, 0.2) is 66.7 Å². The average Bonchev–Trinajstić information content (AvgIpc) is 3.49. The Bertz CT molecular complexity index is 1460. The molecule has 5 rings (SSSR count). The van der Waals surface area contributed by atoms with Crippen molar-refractivity contribution in [3.8, 4) is 11.1 Å². The third kappa shape index (κ3) is 4.45. The number of benzene rings is 3. The van der Waals surface area contributed by atoms with Crippen LogP contribution in [0.4, 0.5) is 5.69 Å². The largest absolute Gasteiger partial charge is 0.355 e. The quantitative estimate of drug-likeness (QED) is 0.439. The van der Waals surface area contributed by atoms with Crippen LogP contribution in [0.2, 0.25) is 0 Å². The summed E-state index contributed by atoms with van der Waals surface area (Å²) in [7, 11) is 3.41. The second kappa shape index (κ2) is 9.65. The second-order valence-corrected chi connectivity index (χ2v) is 8.86. The Labute approximate surface area is 208 Å². The molecule has 2 N–H and O–H groups in total. The molecule has 1 fully saturated rings. The number of carbonyl (C=O) groups is 3. The van der Waals surface area contributed by atoms with E-state index in [9.17, 15) is 14.4 Å². The van der Waals surface area contributed by atoms with Gasteiger partial charge in [-0.25, -0.2) is 0 Å². The Balaban J connectivity index is 1.35. The minimum Gasteiger partial charge on any atom is -0.355 e. The first-order valence-corrected chi connectivity index (χ1v) is 11.9. The summed E-state index contributed by atoms with van der Waals surface area (Å²) < 4.78 is 1.70. The van der Waals surface area contributed by atoms with Crippen molar-refractivity contribution in [2.75, 3.05) is 18.5 Å². The van der Waals surface area contributed by atoms with Crippen molar-refractivity contribution in [3.63, 3.8) is 0 Å². The highest BCUT2D eigenvalue weighted by atomic mass is 16.2. The van der Waals surface area contributed by atoms with Crippen LogP contribution in [0.25, 0.3) is 22.0 Å². The van der Waals surface area contributed by atoms with Crippen LogP contribution in [0, 0.1) is 0 Å². The van der Waals surface area contributed by atoms with E-state index in [4.69, 9.17) is 0 Å². The van der Waals surface area contributed by atoms with E-state index in [1.165, 1.54) is 0 Å². The van der Waals surface area contributed by atoms with Crippen molar-refractivity contribution >= 4 is 34.3 Å². The number of amides is 3. The van der Waals surface area contributed by atoms with E-state index in [0.717, 1.165) is 46.2 Å². The molecule has 0 bridgehead atoms. The molecule has 1 aromatic heterocycles. The molecule has 1 aliphatic heterocycles. The Morgan fingerprint density at radius 3 is 2.33 bits per heavy atom. The zero-order valence-corrected chi connectivity index (χ0v) is 20.2. The maximum atomic E-state index is 13.0. The standard InChI is InChI=1S/C28H27N5O3/c1-29-27(35)20-7-5-18(6-8-20)17-30-28(36)26-23-16-21(11-14-24(23)32(2)31-26)19-9-12-22(13-10-19)33-15-3-4-25(33)34/h5-14,16H,3-4,15,17H2,1-2H3,(H,29,35)(H,30,36). The lowest BCUT2D eigenvalue weighted by Gasteiger charge is -2.16. The minimum atomic E-state index is -0.268. The summed E-state index contributed by atoms with van der Waals surface area (Å²) >= 11 is 0. The second-order valence-electron chi connectivity index (χ2n) is 8.86. The lowest BCUT2D eigenvalue weighted by molar-refractivity contribution is -0.117. The molecule has 8 heteroatoms. The highest BCUT2D eigenvalue weighted by Crippen LogP contribution is 2.29. The molecule has 8 nitrogen and oxygen atoms in total. The van der Waals surface area contributed by atoms with Crippen molar-refractivity contribution in [1.82, 2.24) is 20.4 Å². The van der Waals surface area contributed by atoms with Crippen LogP contribution in [-0.4, -0.2) is 41.1 Å². The number of nitrogens with one attached hydrogen (secondary N) is 2. The van der Waals surface area contributed by atoms with Crippen LogP contribution in [0.3, 0.4) is 0 Å². The lowest BCUT2D eigenvalue weighted by Crippen LogP contribution is -2.23. The van der Waals surface area contributed by atoms with Gasteiger partial charge >= 0.3 is 0 Å². The highest BCUT2D eigenvalue weighted by molar-refractivity contribution is 6.06. The van der Waals surface area contributed by atoms with Gasteiger partial charge in [0.25, 0.3) is 11.8 Å². The van der Waals surface area contributed by atoms with Crippen LogP contribution >= 0.6 is 0 Å². The molecular formula is C28H27N5O3. The number of anilines is 1. The number of aryl methyl sites for hydroxylation is 1. The predicted molar refractivity (Wildman–Crippen MR) is 139 cm³/mol. The molecule has 0 saturated carbocycles. The van der Waals surface area contributed by atoms with Crippen molar-refractivity contribution in [3.05, 3.63) is 83.6 Å². The molecule has 1 aliphatic rings. The molecule has 1 saturated heterocycles. The average molecular weight is 482 g/mol. The molecule has 182 valence electrons. The van der Waals surface area contributed by atoms with E-state index in [2.05, 4.69) is 15.7 Å². The van der Waals surface area contributed by atoms with Crippen molar-refractivity contribution in [2.45, 2.75) is 19.4 Å². The summed E-state index contributed by atoms with van der Waals surface area (Å²) in [5.74, 6) is -0.255. The van der Waals surface area contributed by atoms with Crippen LogP contribution < -0.4 is 15.5 Å². The normalized spacial score (nSPS) is 13.3. The molecule has 36 heavy (non-hydrogen) atoms. The van der Waals surface area contributed by atoms with Gasteiger partial charge in [-0.05, 0) is 59.5 Å². The Kier molecular flexibility index (Phi) is 6.25. The van der Waals surface area contributed by atoms with E-state index in [1.54, 1.807) is 23.9 Å². The van der Waals surface area contributed by atoms with Gasteiger partial charge in [0.05, 0.1) is 5.52 Å². The third-order valence-electron chi connectivity index (χ3n) is 6.55. The summed E-state index contributed by atoms with van der Waals surface area (Å²) in [5, 5.41) is 10.8. The molecule has 3 amide bonds. The van der Waals surface area contributed by atoms with Gasteiger partial charge in [0, 0.05) is 50.2 Å². The summed E-state index contributed by atoms with van der Waals surface area (Å²) in [4.78, 5) is 38.6. The van der Waals surface area contributed by atoms with Gasteiger partial charge in [-0.1, -0.05) is 30.3 Å². The summed E-state index contributed by atoms with van der Waals surface area (Å²) in [6.45, 7) is 1.08. The van der Waals surface area contributed by atoms with Crippen molar-refractivity contribution in [2.24, 2.45) is 7.05 Å². The van der Waals surface area contributed by atoms with Crippen LogP contribution in [-0.2, 0) is 18.4 Å². The maximum Gasteiger partial charge on any atom is 0.272 e. The fraction of sp³-hybridized carbons (Fsp3) is 0.214. The number of aromatic nitrogens is 2. The summed E-state index contributed by atoms with van der Waals surface area (Å²) in [6, 6.07) is 21.0. The molecule has 2 heterocycles. The topological polar surface area (TPSA) is 96.3 Å². The first-order chi connectivity index (χ1) is 17.4. The highest BCUT2D eigenvalue weighted by Gasteiger charge is 2.22. The number of hydrogen-bond donors (Lipinski definition) is 2. The Hall–Kier alpha value is -4.46. The third-order valence-corrected chi connectivity index (χ3v) is 6.55. The van der Waals surface area contributed by atoms with Gasteiger partial charge in [0.2, 0.25) is 5.91 Å². The zero-order chi connectivity index (χ0) is 25.2. The van der Waals surface area contributed by atoms with Gasteiger partial charge in [0.1, 0.15) is 0 Å². The van der Waals surface area contributed by atoms with Crippen LogP contribution in [0.5, 0.6) is 0 Å². The number of rotatable bonds is 6. The Morgan fingerprint density at radius 1 is 0.944 bits per heavy atom. The fourth-order valence-corrected chi connectivity index (χ4v) is 4.55. The van der Waals surface area contributed by atoms with Gasteiger partial charge in [0.15, 0.2) is 5.69 Å². The first-order valence-electron chi connectivity index (χ1n) is 11.9. The predicted octanol–water partition coefficient (Wildman–Crippen LogP) is 3.66. The molecule has 0 aliphatic carbocycles. The number of hydrogen-bond acceptors (Lipinski definition) is 4. The molecule has 0 atom stereocenters. The van der Waals surface area contributed by atoms with Gasteiger partial charge in [-0.3, -0.25) is 19.1 Å². The van der Waals surface area contributed by atoms with Crippen molar-refractivity contribution < 1.29 is 14.4 Å². The molecule has 3 aromatic carbocycles. The van der Waals surface area contributed by atoms with E-state index in [1.807, 2.05) is 66.5 Å². The summed E-state index contributed by atoms with van der Waals surface area (Å²) in [6.07, 6.45) is 1.50. The van der Waals surface area contributed by atoms with Crippen molar-refractivity contribution in [1.29, 1.82) is 0 Å². The number of carbonyl (C=O) groups excluding carboxylic acids is 3. The molecule has 4 aromatic rings. The SMILES string of the molecule is CNC(=O)c1ccc(CNC(=O)c2nn(C)c3ccc(-c4ccc(N5CCCC5=O)cc4)cc23)cc1. The van der Waals surface area contributed by atoms with Gasteiger partial charge in [-0.15, -0.1) is 0 Å². The molecule has 0 spiro atoms. The number of nitrogens with zero attached hydrogens (tertiary/aromatic N) is 3. The lowest BCUT2D eigenvalue weighted by atomic mass is 10.0. The van der Waals surface area contributed by atoms with E-state index in [0.29, 0.717) is 24.2 Å². The monoisotopic (exact) mass is 481 g/mol. The minimum absolute atomic E-state index is 0.152. The maximum absolute atomic E-state index is 13.0. The molecular weight excluding hydrogens is 454 g/mol. The molecule has 0 radical (unpaired) electrons. The van der Waals surface area contributed by atoms with E-state index < -0.39 is 0 Å². The molecule has 0 unspecified atom stereocenters. The van der Waals surface area contributed by atoms with Crippen LogP contribution in [0.1, 0.15) is 39.3 Å². The fourth-order valence-electron chi connectivity index (χ4n) is 4.55. The smallest absolute Gasteiger partial charge is 0.272 e. The van der Waals surface area contributed by atoms with E-state index in [-0.39, 0.29) is 17.7 Å². The summed E-state index contributed by atoms with van der Waals surface area (Å²) in [5.41, 5.74) is 5.54. The Morgan fingerprint density at radius 2 is 1.67 bits per heavy atom. The zero-order valence-electron chi connectivity index (χ0n) is 20.2. The number of fused-ring (bicyclic) bond motifs is 1. The van der Waals surface area contributed by atoms with E-state index >= 15 is 0 Å².